The molecule has 1 heterocycles. The van der Waals surface area contributed by atoms with Crippen molar-refractivity contribution in [3.8, 4) is 0 Å². The largest absolute Gasteiger partial charge is 0.354 e. The maximum absolute atomic E-state index is 9.64. The summed E-state index contributed by atoms with van der Waals surface area (Å²) < 4.78 is 0. The maximum atomic E-state index is 9.64. The van der Waals surface area contributed by atoms with E-state index in [0.717, 1.165) is 61.8 Å². The Kier molecular flexibility index (Phi) is 7.70. The lowest BCUT2D eigenvalue weighted by Gasteiger charge is -2.30. The lowest BCUT2D eigenvalue weighted by Crippen LogP contribution is -2.21. The van der Waals surface area contributed by atoms with Crippen LogP contribution in [0.4, 0.5) is 17.1 Å². The van der Waals surface area contributed by atoms with E-state index in [1.54, 1.807) is 0 Å². The molecule has 0 spiro atoms. The van der Waals surface area contributed by atoms with E-state index in [1.807, 2.05) is 54.6 Å². The number of para-hydroxylation sites is 1. The van der Waals surface area contributed by atoms with E-state index < -0.39 is 0 Å². The zero-order valence-electron chi connectivity index (χ0n) is 26.3. The normalized spacial score (nSPS) is 13.2. The quantitative estimate of drug-likeness (QED) is 0.175. The fourth-order valence-electron chi connectivity index (χ4n) is 6.56. The molecular weight excluding hydrogens is 583 g/mol. The van der Waals surface area contributed by atoms with Gasteiger partial charge in [0, 0.05) is 39.2 Å². The summed E-state index contributed by atoms with van der Waals surface area (Å²) in [5.41, 5.74) is 11.5. The van der Waals surface area contributed by atoms with Crippen molar-refractivity contribution in [2.75, 3.05) is 4.90 Å². The monoisotopic (exact) mass is 615 g/mol. The van der Waals surface area contributed by atoms with E-state index in [2.05, 4.69) is 144 Å². The molecule has 1 aliphatic heterocycles. The standard InChI is InChI=1S/C45H33N3/c46-44(35-21-9-3-10-22-35)43(34-19-7-2-8-20-34)45-40-31-38(29-28-36(40)30-41(47-45)33-17-5-1-6-18-33)48(37-24-11-4-12-25-37)42-27-15-23-32-16-13-14-26-39(32)42/h1-31,46-47H/b45-43-,46-44?. The topological polar surface area (TPSA) is 39.1 Å². The molecule has 0 bridgehead atoms. The molecule has 0 atom stereocenters. The Bertz CT molecular complexity index is 2300. The van der Waals surface area contributed by atoms with Gasteiger partial charge in [0.1, 0.15) is 0 Å². The number of hydrogen-bond donors (Lipinski definition) is 2. The average Bonchev–Trinajstić information content (AvgIpc) is 3.16. The van der Waals surface area contributed by atoms with E-state index in [9.17, 15) is 5.41 Å². The highest BCUT2D eigenvalue weighted by Crippen LogP contribution is 2.43. The van der Waals surface area contributed by atoms with Crippen molar-refractivity contribution in [1.29, 1.82) is 5.41 Å². The zero-order valence-corrected chi connectivity index (χ0v) is 26.3. The summed E-state index contributed by atoms with van der Waals surface area (Å²) in [7, 11) is 0. The van der Waals surface area contributed by atoms with Crippen LogP contribution >= 0.6 is 0 Å². The number of nitrogens with one attached hydrogen (secondary N) is 2. The molecule has 0 unspecified atom stereocenters. The van der Waals surface area contributed by atoms with Gasteiger partial charge in [-0.3, -0.25) is 5.41 Å². The first-order valence-corrected chi connectivity index (χ1v) is 16.2. The SMILES string of the molecule is N=C(/C(=C1\NC(c2ccccc2)=Cc2ccc(N(c3ccccc3)c3cccc4ccccc34)cc21)c1ccccc1)c1ccccc1. The summed E-state index contributed by atoms with van der Waals surface area (Å²) in [6.45, 7) is 0. The molecule has 48 heavy (non-hydrogen) atoms. The first kappa shape index (κ1) is 29.0. The summed E-state index contributed by atoms with van der Waals surface area (Å²) in [4.78, 5) is 2.33. The Morgan fingerprint density at radius 2 is 1.12 bits per heavy atom. The molecule has 7 aromatic carbocycles. The highest BCUT2D eigenvalue weighted by Gasteiger charge is 2.25. The number of fused-ring (bicyclic) bond motifs is 2. The molecule has 3 heteroatoms. The van der Waals surface area contributed by atoms with Gasteiger partial charge in [-0.05, 0) is 58.5 Å². The van der Waals surface area contributed by atoms with Gasteiger partial charge in [0.2, 0.25) is 0 Å². The van der Waals surface area contributed by atoms with Gasteiger partial charge < -0.3 is 10.2 Å². The Balaban J connectivity index is 1.40. The van der Waals surface area contributed by atoms with Gasteiger partial charge >= 0.3 is 0 Å². The lowest BCUT2D eigenvalue weighted by atomic mass is 9.87. The van der Waals surface area contributed by atoms with Crippen LogP contribution in [-0.2, 0) is 0 Å². The smallest absolute Gasteiger partial charge is 0.0711 e. The predicted molar refractivity (Wildman–Crippen MR) is 203 cm³/mol. The van der Waals surface area contributed by atoms with Crippen molar-refractivity contribution in [1.82, 2.24) is 5.32 Å². The third-order valence-electron chi connectivity index (χ3n) is 8.86. The van der Waals surface area contributed by atoms with Gasteiger partial charge in [0.25, 0.3) is 0 Å². The molecule has 0 saturated heterocycles. The van der Waals surface area contributed by atoms with E-state index in [-0.39, 0.29) is 0 Å². The molecule has 0 amide bonds. The Hall–Kier alpha value is -6.45. The number of hydrogen-bond acceptors (Lipinski definition) is 3. The van der Waals surface area contributed by atoms with Crippen LogP contribution in [0.5, 0.6) is 0 Å². The van der Waals surface area contributed by atoms with Crippen LogP contribution in [0.25, 0.3) is 33.8 Å². The van der Waals surface area contributed by atoms with E-state index in [1.165, 1.54) is 10.8 Å². The molecule has 1 aliphatic rings. The number of allylic oxidation sites excluding steroid dienone is 1. The van der Waals surface area contributed by atoms with Crippen molar-refractivity contribution < 1.29 is 0 Å². The fraction of sp³-hybridized carbons (Fsp3) is 0. The van der Waals surface area contributed by atoms with Crippen molar-refractivity contribution in [2.24, 2.45) is 0 Å². The summed E-state index contributed by atoms with van der Waals surface area (Å²) >= 11 is 0. The second-order valence-corrected chi connectivity index (χ2v) is 11.8. The molecule has 0 aromatic heterocycles. The molecule has 0 saturated carbocycles. The van der Waals surface area contributed by atoms with Gasteiger partial charge in [-0.2, -0.15) is 0 Å². The second-order valence-electron chi connectivity index (χ2n) is 11.8. The highest BCUT2D eigenvalue weighted by atomic mass is 15.1. The van der Waals surface area contributed by atoms with Crippen LogP contribution in [0.3, 0.4) is 0 Å². The van der Waals surface area contributed by atoms with Crippen molar-refractivity contribution in [2.45, 2.75) is 0 Å². The number of anilines is 3. The molecule has 0 aliphatic carbocycles. The minimum atomic E-state index is 0.462. The van der Waals surface area contributed by atoms with Gasteiger partial charge in [-0.15, -0.1) is 0 Å². The van der Waals surface area contributed by atoms with E-state index in [4.69, 9.17) is 0 Å². The Morgan fingerprint density at radius 1 is 0.521 bits per heavy atom. The number of nitrogens with zero attached hydrogens (tertiary/aromatic N) is 1. The third-order valence-corrected chi connectivity index (χ3v) is 8.86. The second kappa shape index (κ2) is 12.7. The van der Waals surface area contributed by atoms with Gasteiger partial charge in [0.15, 0.2) is 0 Å². The minimum absolute atomic E-state index is 0.462. The van der Waals surface area contributed by atoms with Crippen LogP contribution in [-0.4, -0.2) is 5.71 Å². The molecule has 2 N–H and O–H groups in total. The molecule has 0 fully saturated rings. The highest BCUT2D eigenvalue weighted by molar-refractivity contribution is 6.36. The van der Waals surface area contributed by atoms with Crippen LogP contribution in [0.1, 0.15) is 27.8 Å². The van der Waals surface area contributed by atoms with Crippen LogP contribution in [0.15, 0.2) is 182 Å². The summed E-state index contributed by atoms with van der Waals surface area (Å²) in [5, 5.41) is 15.8. The fourth-order valence-corrected chi connectivity index (χ4v) is 6.56. The first-order valence-electron chi connectivity index (χ1n) is 16.2. The number of rotatable bonds is 7. The predicted octanol–water partition coefficient (Wildman–Crippen LogP) is 11.3. The molecule has 7 aromatic rings. The van der Waals surface area contributed by atoms with Gasteiger partial charge in [0.05, 0.1) is 17.1 Å². The van der Waals surface area contributed by atoms with E-state index >= 15 is 0 Å². The number of benzene rings is 7. The maximum Gasteiger partial charge on any atom is 0.0711 e. The van der Waals surface area contributed by atoms with E-state index in [0.29, 0.717) is 5.71 Å². The minimum Gasteiger partial charge on any atom is -0.354 e. The third kappa shape index (κ3) is 5.48. The van der Waals surface area contributed by atoms with Crippen LogP contribution in [0.2, 0.25) is 0 Å². The van der Waals surface area contributed by atoms with Gasteiger partial charge in [-0.25, -0.2) is 0 Å². The first-order chi connectivity index (χ1) is 23.7. The summed E-state index contributed by atoms with van der Waals surface area (Å²) in [6.07, 6.45) is 2.22. The zero-order chi connectivity index (χ0) is 32.3. The van der Waals surface area contributed by atoms with Gasteiger partial charge in [-0.1, -0.05) is 152 Å². The average molecular weight is 616 g/mol. The molecule has 228 valence electrons. The van der Waals surface area contributed by atoms with Crippen LogP contribution in [0, 0.1) is 5.41 Å². The summed E-state index contributed by atoms with van der Waals surface area (Å²) in [6, 6.07) is 63.0. The molecular formula is C45H33N3. The van der Waals surface area contributed by atoms with Crippen LogP contribution < -0.4 is 10.2 Å². The Morgan fingerprint density at radius 3 is 1.85 bits per heavy atom. The van der Waals surface area contributed by atoms with Crippen molar-refractivity contribution in [3.63, 3.8) is 0 Å². The molecule has 8 rings (SSSR count). The summed E-state index contributed by atoms with van der Waals surface area (Å²) in [5.74, 6) is 0. The molecule has 3 nitrogen and oxygen atoms in total. The lowest BCUT2D eigenvalue weighted by molar-refractivity contribution is 1.21. The molecule has 0 radical (unpaired) electrons. The van der Waals surface area contributed by atoms with Crippen molar-refractivity contribution >= 4 is 56.6 Å². The van der Waals surface area contributed by atoms with Crippen molar-refractivity contribution in [3.05, 3.63) is 210 Å². The Labute approximate surface area is 281 Å².